The standard InChI is InChI=1S/C17H23BrO/c1-16(2,3)11-8-13(15(19)10-18)12-6-7-17(4,5)14(12)9-11/h8-9H,6-7,10H2,1-5H3. The number of ketones is 1. The zero-order chi connectivity index (χ0) is 14.4. The topological polar surface area (TPSA) is 17.1 Å². The van der Waals surface area contributed by atoms with Crippen molar-refractivity contribution in [1.29, 1.82) is 0 Å². The Morgan fingerprint density at radius 2 is 1.95 bits per heavy atom. The third kappa shape index (κ3) is 2.65. The molecule has 2 rings (SSSR count). The van der Waals surface area contributed by atoms with Crippen LogP contribution in [0.5, 0.6) is 0 Å². The van der Waals surface area contributed by atoms with Crippen LogP contribution in [-0.4, -0.2) is 11.1 Å². The fourth-order valence-corrected chi connectivity index (χ4v) is 3.17. The van der Waals surface area contributed by atoms with Crippen LogP contribution in [0.2, 0.25) is 0 Å². The van der Waals surface area contributed by atoms with E-state index >= 15 is 0 Å². The lowest BCUT2D eigenvalue weighted by molar-refractivity contribution is 0.102. The maximum Gasteiger partial charge on any atom is 0.173 e. The first-order chi connectivity index (χ1) is 8.66. The van der Waals surface area contributed by atoms with E-state index in [4.69, 9.17) is 0 Å². The molecule has 0 atom stereocenters. The van der Waals surface area contributed by atoms with Crippen molar-refractivity contribution in [3.05, 3.63) is 34.4 Å². The van der Waals surface area contributed by atoms with E-state index in [-0.39, 0.29) is 16.6 Å². The molecule has 0 bridgehead atoms. The Morgan fingerprint density at radius 3 is 2.47 bits per heavy atom. The lowest BCUT2D eigenvalue weighted by Gasteiger charge is -2.25. The summed E-state index contributed by atoms with van der Waals surface area (Å²) in [5, 5.41) is 0.410. The number of hydrogen-bond donors (Lipinski definition) is 0. The van der Waals surface area contributed by atoms with Crippen LogP contribution in [0, 0.1) is 0 Å². The van der Waals surface area contributed by atoms with Crippen molar-refractivity contribution in [1.82, 2.24) is 0 Å². The summed E-state index contributed by atoms with van der Waals surface area (Å²) >= 11 is 3.31. The molecule has 0 N–H and O–H groups in total. The molecule has 0 radical (unpaired) electrons. The Labute approximate surface area is 124 Å². The van der Waals surface area contributed by atoms with Gasteiger partial charge in [-0.3, -0.25) is 4.79 Å². The highest BCUT2D eigenvalue weighted by atomic mass is 79.9. The molecule has 1 aromatic rings. The van der Waals surface area contributed by atoms with Crippen LogP contribution in [0.3, 0.4) is 0 Å². The number of carbonyl (C=O) groups is 1. The molecule has 0 aliphatic heterocycles. The van der Waals surface area contributed by atoms with E-state index in [2.05, 4.69) is 62.7 Å². The van der Waals surface area contributed by atoms with Crippen molar-refractivity contribution in [2.75, 3.05) is 5.33 Å². The van der Waals surface area contributed by atoms with Gasteiger partial charge in [0.2, 0.25) is 0 Å². The number of fused-ring (bicyclic) bond motifs is 1. The summed E-state index contributed by atoms with van der Waals surface area (Å²) in [4.78, 5) is 12.2. The predicted octanol–water partition coefficient (Wildman–Crippen LogP) is 4.79. The van der Waals surface area contributed by atoms with Crippen LogP contribution in [0.15, 0.2) is 12.1 Å². The number of Topliss-reactive ketones (excluding diaryl/α,β-unsaturated/α-hetero) is 1. The summed E-state index contributed by atoms with van der Waals surface area (Å²) in [7, 11) is 0. The molecular weight excluding hydrogens is 300 g/mol. The van der Waals surface area contributed by atoms with E-state index in [1.165, 1.54) is 16.7 Å². The van der Waals surface area contributed by atoms with Gasteiger partial charge in [0.1, 0.15) is 0 Å². The quantitative estimate of drug-likeness (QED) is 0.565. The van der Waals surface area contributed by atoms with Crippen LogP contribution in [-0.2, 0) is 17.3 Å². The average molecular weight is 323 g/mol. The van der Waals surface area contributed by atoms with Gasteiger partial charge in [-0.15, -0.1) is 0 Å². The lowest BCUT2D eigenvalue weighted by atomic mass is 9.79. The number of rotatable bonds is 2. The highest BCUT2D eigenvalue weighted by Gasteiger charge is 2.34. The molecular formula is C17H23BrO. The van der Waals surface area contributed by atoms with Gasteiger partial charge >= 0.3 is 0 Å². The Kier molecular flexibility index (Phi) is 3.68. The summed E-state index contributed by atoms with van der Waals surface area (Å²) in [6.45, 7) is 11.2. The molecule has 1 aliphatic rings. The van der Waals surface area contributed by atoms with E-state index in [9.17, 15) is 4.79 Å². The molecule has 0 saturated carbocycles. The lowest BCUT2D eigenvalue weighted by Crippen LogP contribution is -2.18. The van der Waals surface area contributed by atoms with Gasteiger partial charge in [-0.25, -0.2) is 0 Å². The molecule has 0 fully saturated rings. The number of carbonyl (C=O) groups excluding carboxylic acids is 1. The highest BCUT2D eigenvalue weighted by Crippen LogP contribution is 2.42. The highest BCUT2D eigenvalue weighted by molar-refractivity contribution is 9.09. The van der Waals surface area contributed by atoms with Gasteiger partial charge in [-0.2, -0.15) is 0 Å². The van der Waals surface area contributed by atoms with Crippen molar-refractivity contribution in [2.45, 2.75) is 58.3 Å². The molecule has 1 nitrogen and oxygen atoms in total. The second-order valence-corrected chi connectivity index (χ2v) is 7.80. The number of hydrogen-bond acceptors (Lipinski definition) is 1. The molecule has 0 saturated heterocycles. The monoisotopic (exact) mass is 322 g/mol. The molecule has 0 aromatic heterocycles. The molecule has 2 heteroatoms. The number of benzene rings is 1. The summed E-state index contributed by atoms with van der Waals surface area (Å²) in [5.41, 5.74) is 5.13. The van der Waals surface area contributed by atoms with E-state index in [0.717, 1.165) is 18.4 Å². The molecule has 0 amide bonds. The summed E-state index contributed by atoms with van der Waals surface area (Å²) in [6, 6.07) is 4.44. The molecule has 19 heavy (non-hydrogen) atoms. The Balaban J connectivity index is 2.69. The van der Waals surface area contributed by atoms with Gasteiger partial charge in [0.15, 0.2) is 5.78 Å². The zero-order valence-electron chi connectivity index (χ0n) is 12.6. The minimum atomic E-state index is 0.0784. The first-order valence-electron chi connectivity index (χ1n) is 6.94. The van der Waals surface area contributed by atoms with Crippen molar-refractivity contribution in [2.24, 2.45) is 0 Å². The maximum atomic E-state index is 12.2. The van der Waals surface area contributed by atoms with Crippen molar-refractivity contribution >= 4 is 21.7 Å². The summed E-state index contributed by atoms with van der Waals surface area (Å²) < 4.78 is 0. The molecule has 0 unspecified atom stereocenters. The molecule has 1 aromatic carbocycles. The van der Waals surface area contributed by atoms with Gasteiger partial charge in [-0.1, -0.05) is 56.6 Å². The Hall–Kier alpha value is -0.630. The van der Waals surface area contributed by atoms with Crippen molar-refractivity contribution < 1.29 is 4.79 Å². The van der Waals surface area contributed by atoms with Gasteiger partial charge < -0.3 is 0 Å². The van der Waals surface area contributed by atoms with E-state index in [1.807, 2.05) is 0 Å². The largest absolute Gasteiger partial charge is 0.293 e. The fourth-order valence-electron chi connectivity index (χ4n) is 2.87. The number of halogens is 1. The van der Waals surface area contributed by atoms with E-state index < -0.39 is 0 Å². The van der Waals surface area contributed by atoms with E-state index in [1.54, 1.807) is 0 Å². The fraction of sp³-hybridized carbons (Fsp3) is 0.588. The van der Waals surface area contributed by atoms with E-state index in [0.29, 0.717) is 5.33 Å². The normalized spacial score (nSPS) is 17.4. The third-order valence-electron chi connectivity index (χ3n) is 4.27. The molecule has 1 aliphatic carbocycles. The third-order valence-corrected chi connectivity index (χ3v) is 4.78. The van der Waals surface area contributed by atoms with Crippen molar-refractivity contribution in [3.63, 3.8) is 0 Å². The van der Waals surface area contributed by atoms with Gasteiger partial charge in [-0.05, 0) is 46.4 Å². The van der Waals surface area contributed by atoms with Gasteiger partial charge in [0, 0.05) is 5.56 Å². The first kappa shape index (κ1) is 14.8. The minimum absolute atomic E-state index is 0.0784. The van der Waals surface area contributed by atoms with Crippen LogP contribution in [0.25, 0.3) is 0 Å². The van der Waals surface area contributed by atoms with Crippen LogP contribution in [0.1, 0.15) is 68.1 Å². The Morgan fingerprint density at radius 1 is 1.32 bits per heavy atom. The smallest absolute Gasteiger partial charge is 0.173 e. The first-order valence-corrected chi connectivity index (χ1v) is 8.06. The molecule has 0 heterocycles. The molecule has 0 spiro atoms. The van der Waals surface area contributed by atoms with Crippen LogP contribution in [0.4, 0.5) is 0 Å². The van der Waals surface area contributed by atoms with Crippen molar-refractivity contribution in [3.8, 4) is 0 Å². The summed E-state index contributed by atoms with van der Waals surface area (Å²) in [5.74, 6) is 0.208. The van der Waals surface area contributed by atoms with Gasteiger partial charge in [0.05, 0.1) is 5.33 Å². The minimum Gasteiger partial charge on any atom is -0.293 e. The Bertz CT molecular complexity index is 521. The van der Waals surface area contributed by atoms with Crippen LogP contribution >= 0.6 is 15.9 Å². The van der Waals surface area contributed by atoms with Crippen LogP contribution < -0.4 is 0 Å². The van der Waals surface area contributed by atoms with Gasteiger partial charge in [0.25, 0.3) is 0 Å². The maximum absolute atomic E-state index is 12.2. The molecule has 104 valence electrons. The number of alkyl halides is 1. The summed E-state index contributed by atoms with van der Waals surface area (Å²) in [6.07, 6.45) is 2.17. The second-order valence-electron chi connectivity index (χ2n) is 7.24. The zero-order valence-corrected chi connectivity index (χ0v) is 14.1. The predicted molar refractivity (Wildman–Crippen MR) is 84.6 cm³/mol. The SMILES string of the molecule is CC(C)(C)c1cc(C(=O)CBr)c2c(c1)C(C)(C)CC2. The average Bonchev–Trinajstić information content (AvgIpc) is 2.62. The second kappa shape index (κ2) is 4.73.